The fourth-order valence-electron chi connectivity index (χ4n) is 3.29. The maximum Gasteiger partial charge on any atom is 0.309 e. The summed E-state index contributed by atoms with van der Waals surface area (Å²) >= 11 is 0. The maximum atomic E-state index is 11.9. The molecule has 1 aliphatic rings. The molecule has 1 unspecified atom stereocenters. The third-order valence-corrected chi connectivity index (χ3v) is 4.65. The van der Waals surface area contributed by atoms with E-state index in [4.69, 9.17) is 4.74 Å². The number of benzene rings is 2. The smallest absolute Gasteiger partial charge is 0.309 e. The lowest BCUT2D eigenvalue weighted by atomic mass is 9.92. The van der Waals surface area contributed by atoms with Gasteiger partial charge in [-0.15, -0.1) is 0 Å². The average molecular weight is 329 g/mol. The number of esters is 1. The van der Waals surface area contributed by atoms with Crippen LogP contribution in [0.1, 0.15) is 12.0 Å². The zero-order valence-corrected chi connectivity index (χ0v) is 13.9. The summed E-state index contributed by atoms with van der Waals surface area (Å²) in [5.41, 5.74) is 5.40. The fraction of sp³-hybridized carbons (Fsp3) is 0.182. The van der Waals surface area contributed by atoms with E-state index in [1.54, 1.807) is 0 Å². The van der Waals surface area contributed by atoms with Crippen molar-refractivity contribution in [2.75, 3.05) is 6.61 Å². The fourth-order valence-corrected chi connectivity index (χ4v) is 3.29. The van der Waals surface area contributed by atoms with Crippen LogP contribution < -0.4 is 0 Å². The summed E-state index contributed by atoms with van der Waals surface area (Å²) in [6.07, 6.45) is 3.37. The van der Waals surface area contributed by atoms with Gasteiger partial charge in [-0.2, -0.15) is 0 Å². The second-order valence-corrected chi connectivity index (χ2v) is 6.32. The van der Waals surface area contributed by atoms with Crippen LogP contribution in [0.3, 0.4) is 0 Å². The molecule has 3 heteroatoms. The first-order chi connectivity index (χ1) is 12.3. The Bertz CT molecular complexity index is 875. The van der Waals surface area contributed by atoms with Gasteiger partial charge in [0.25, 0.3) is 0 Å². The molecule has 0 aliphatic carbocycles. The van der Waals surface area contributed by atoms with Crippen LogP contribution in [0.5, 0.6) is 0 Å². The second kappa shape index (κ2) is 6.89. The minimum atomic E-state index is -0.0915. The topological polar surface area (TPSA) is 39.2 Å². The SMILES string of the molecule is O=C1OCCC1Cc1cnc(-c2ccccc2)cc1-c1ccccc1. The summed E-state index contributed by atoms with van der Waals surface area (Å²) in [4.78, 5) is 16.5. The number of nitrogens with zero attached hydrogens (tertiary/aromatic N) is 1. The summed E-state index contributed by atoms with van der Waals surface area (Å²) in [7, 11) is 0. The van der Waals surface area contributed by atoms with Crippen LogP contribution in [-0.2, 0) is 16.0 Å². The molecule has 4 rings (SSSR count). The van der Waals surface area contributed by atoms with Gasteiger partial charge in [0.2, 0.25) is 0 Å². The average Bonchev–Trinajstić information content (AvgIpc) is 3.08. The Kier molecular flexibility index (Phi) is 4.30. The van der Waals surface area contributed by atoms with E-state index in [9.17, 15) is 4.79 Å². The Labute approximate surface area is 147 Å². The van der Waals surface area contributed by atoms with Crippen LogP contribution in [-0.4, -0.2) is 17.6 Å². The van der Waals surface area contributed by atoms with E-state index < -0.39 is 0 Å². The van der Waals surface area contributed by atoms with Gasteiger partial charge in [0, 0.05) is 11.8 Å². The van der Waals surface area contributed by atoms with Gasteiger partial charge in [0.15, 0.2) is 0 Å². The molecule has 25 heavy (non-hydrogen) atoms. The molecular formula is C22H19NO2. The molecule has 1 aromatic heterocycles. The number of rotatable bonds is 4. The molecule has 2 heterocycles. The van der Waals surface area contributed by atoms with Gasteiger partial charge in [-0.05, 0) is 35.6 Å². The summed E-state index contributed by atoms with van der Waals surface area (Å²) in [6, 6.07) is 22.6. The van der Waals surface area contributed by atoms with E-state index in [1.165, 1.54) is 0 Å². The molecular weight excluding hydrogens is 310 g/mol. The van der Waals surface area contributed by atoms with Gasteiger partial charge in [-0.1, -0.05) is 60.7 Å². The molecule has 1 atom stereocenters. The molecule has 3 nitrogen and oxygen atoms in total. The molecule has 1 saturated heterocycles. The van der Waals surface area contributed by atoms with Crippen molar-refractivity contribution in [2.24, 2.45) is 5.92 Å². The van der Waals surface area contributed by atoms with Gasteiger partial charge in [-0.3, -0.25) is 9.78 Å². The lowest BCUT2D eigenvalue weighted by Crippen LogP contribution is -2.11. The molecule has 0 spiro atoms. The van der Waals surface area contributed by atoms with Crippen LogP contribution in [0, 0.1) is 5.92 Å². The lowest BCUT2D eigenvalue weighted by Gasteiger charge is -2.13. The highest BCUT2D eigenvalue weighted by atomic mass is 16.5. The van der Waals surface area contributed by atoms with Gasteiger partial charge in [-0.25, -0.2) is 0 Å². The van der Waals surface area contributed by atoms with E-state index in [0.717, 1.165) is 34.4 Å². The summed E-state index contributed by atoms with van der Waals surface area (Å²) in [5, 5.41) is 0. The highest BCUT2D eigenvalue weighted by molar-refractivity contribution is 5.77. The number of cyclic esters (lactones) is 1. The maximum absolute atomic E-state index is 11.9. The Balaban J connectivity index is 1.76. The quantitative estimate of drug-likeness (QED) is 0.661. The monoisotopic (exact) mass is 329 g/mol. The Morgan fingerprint density at radius 1 is 0.960 bits per heavy atom. The third kappa shape index (κ3) is 3.31. The highest BCUT2D eigenvalue weighted by Gasteiger charge is 2.27. The number of carbonyl (C=O) groups is 1. The molecule has 3 aromatic rings. The normalized spacial score (nSPS) is 16.6. The van der Waals surface area contributed by atoms with Gasteiger partial charge in [0.1, 0.15) is 0 Å². The number of hydrogen-bond donors (Lipinski definition) is 0. The lowest BCUT2D eigenvalue weighted by molar-refractivity contribution is -0.141. The van der Waals surface area contributed by atoms with Crippen LogP contribution in [0.25, 0.3) is 22.4 Å². The Hall–Kier alpha value is -2.94. The summed E-state index contributed by atoms with van der Waals surface area (Å²) in [6.45, 7) is 0.527. The standard InChI is InChI=1S/C22H19NO2/c24-22-18(11-12-25-22)13-19-15-23-21(17-9-5-2-6-10-17)14-20(19)16-7-3-1-4-8-16/h1-10,14-15,18H,11-13H2. The van der Waals surface area contributed by atoms with Crippen LogP contribution >= 0.6 is 0 Å². The number of pyridine rings is 1. The van der Waals surface area contributed by atoms with Crippen molar-refractivity contribution in [3.8, 4) is 22.4 Å². The third-order valence-electron chi connectivity index (χ3n) is 4.65. The molecule has 0 N–H and O–H groups in total. The Morgan fingerprint density at radius 3 is 2.28 bits per heavy atom. The second-order valence-electron chi connectivity index (χ2n) is 6.32. The molecule has 2 aromatic carbocycles. The largest absolute Gasteiger partial charge is 0.465 e. The summed E-state index contributed by atoms with van der Waals surface area (Å²) in [5.74, 6) is -0.155. The van der Waals surface area contributed by atoms with Gasteiger partial charge in [0.05, 0.1) is 18.2 Å². The van der Waals surface area contributed by atoms with E-state index >= 15 is 0 Å². The van der Waals surface area contributed by atoms with E-state index in [-0.39, 0.29) is 11.9 Å². The molecule has 0 bridgehead atoms. The van der Waals surface area contributed by atoms with Crippen LogP contribution in [0.15, 0.2) is 72.9 Å². The predicted octanol–water partition coefficient (Wildman–Crippen LogP) is 4.52. The number of carbonyl (C=O) groups excluding carboxylic acids is 1. The van der Waals surface area contributed by atoms with E-state index in [1.807, 2.05) is 42.6 Å². The molecule has 0 saturated carbocycles. The van der Waals surface area contributed by atoms with Crippen LogP contribution in [0.2, 0.25) is 0 Å². The molecule has 124 valence electrons. The van der Waals surface area contributed by atoms with E-state index in [0.29, 0.717) is 13.0 Å². The summed E-state index contributed by atoms with van der Waals surface area (Å²) < 4.78 is 5.12. The van der Waals surface area contributed by atoms with Crippen molar-refractivity contribution in [1.82, 2.24) is 4.98 Å². The van der Waals surface area contributed by atoms with Gasteiger partial charge < -0.3 is 4.74 Å². The number of aromatic nitrogens is 1. The van der Waals surface area contributed by atoms with Crippen molar-refractivity contribution in [1.29, 1.82) is 0 Å². The predicted molar refractivity (Wildman–Crippen MR) is 97.9 cm³/mol. The first kappa shape index (κ1) is 15.6. The minimum Gasteiger partial charge on any atom is -0.465 e. The van der Waals surface area contributed by atoms with Crippen molar-refractivity contribution in [3.05, 3.63) is 78.5 Å². The molecule has 1 aliphatic heterocycles. The Morgan fingerprint density at radius 2 is 1.64 bits per heavy atom. The number of hydrogen-bond acceptors (Lipinski definition) is 3. The highest BCUT2D eigenvalue weighted by Crippen LogP contribution is 2.31. The van der Waals surface area contributed by atoms with Gasteiger partial charge >= 0.3 is 5.97 Å². The van der Waals surface area contributed by atoms with Crippen molar-refractivity contribution >= 4 is 5.97 Å². The van der Waals surface area contributed by atoms with Crippen molar-refractivity contribution < 1.29 is 9.53 Å². The zero-order valence-electron chi connectivity index (χ0n) is 13.9. The van der Waals surface area contributed by atoms with Crippen molar-refractivity contribution in [2.45, 2.75) is 12.8 Å². The molecule has 0 amide bonds. The minimum absolute atomic E-state index is 0.0631. The first-order valence-corrected chi connectivity index (χ1v) is 8.57. The van der Waals surface area contributed by atoms with Crippen molar-refractivity contribution in [3.63, 3.8) is 0 Å². The van der Waals surface area contributed by atoms with E-state index in [2.05, 4.69) is 35.3 Å². The zero-order chi connectivity index (χ0) is 17.1. The molecule has 0 radical (unpaired) electrons. The first-order valence-electron chi connectivity index (χ1n) is 8.57. The number of ether oxygens (including phenoxy) is 1. The van der Waals surface area contributed by atoms with Crippen LogP contribution in [0.4, 0.5) is 0 Å². The molecule has 1 fully saturated rings.